The molecule has 0 atom stereocenters. The predicted octanol–water partition coefficient (Wildman–Crippen LogP) is 2.14. The molecule has 2 N–H and O–H groups in total. The number of nitrogens with one attached hydrogen (secondary N) is 2. The number of benzene rings is 1. The number of ether oxygens (including phenoxy) is 1. The summed E-state index contributed by atoms with van der Waals surface area (Å²) in [6.45, 7) is 3.47. The first-order chi connectivity index (χ1) is 11.2. The molecule has 1 aliphatic carbocycles. The van der Waals surface area contributed by atoms with Gasteiger partial charge in [0.2, 0.25) is 5.91 Å². The van der Waals surface area contributed by atoms with Gasteiger partial charge < -0.3 is 15.4 Å². The molecule has 23 heavy (non-hydrogen) atoms. The minimum atomic E-state index is -0.164. The Morgan fingerprint density at radius 3 is 2.48 bits per heavy atom. The van der Waals surface area contributed by atoms with Gasteiger partial charge in [0, 0.05) is 19.1 Å². The van der Waals surface area contributed by atoms with E-state index in [1.807, 2.05) is 18.2 Å². The van der Waals surface area contributed by atoms with Gasteiger partial charge in [0.1, 0.15) is 0 Å². The van der Waals surface area contributed by atoms with Crippen LogP contribution < -0.4 is 10.6 Å². The van der Waals surface area contributed by atoms with Crippen molar-refractivity contribution < 1.29 is 9.53 Å². The van der Waals surface area contributed by atoms with Gasteiger partial charge in [0.05, 0.1) is 12.0 Å². The Labute approximate surface area is 139 Å². The van der Waals surface area contributed by atoms with Gasteiger partial charge in [0.15, 0.2) is 0 Å². The van der Waals surface area contributed by atoms with Crippen molar-refractivity contribution in [3.63, 3.8) is 0 Å². The van der Waals surface area contributed by atoms with E-state index in [-0.39, 0.29) is 16.7 Å². The minimum absolute atomic E-state index is 0.0957. The number of carbonyl (C=O) groups excluding carboxylic acids is 1. The Morgan fingerprint density at radius 2 is 1.87 bits per heavy atom. The van der Waals surface area contributed by atoms with E-state index in [9.17, 15) is 4.79 Å². The molecule has 2 fully saturated rings. The molecule has 0 radical (unpaired) electrons. The molecule has 0 aromatic heterocycles. The molecule has 126 valence electrons. The van der Waals surface area contributed by atoms with Crippen LogP contribution in [0, 0.1) is 10.8 Å². The molecule has 3 rings (SSSR count). The zero-order chi connectivity index (χ0) is 16.2. The lowest BCUT2D eigenvalue weighted by Crippen LogP contribution is -2.48. The van der Waals surface area contributed by atoms with E-state index in [1.165, 1.54) is 5.56 Å². The van der Waals surface area contributed by atoms with E-state index < -0.39 is 0 Å². The molecule has 1 saturated carbocycles. The number of piperidine rings is 1. The van der Waals surface area contributed by atoms with Crippen molar-refractivity contribution in [3.8, 4) is 0 Å². The zero-order valence-corrected chi connectivity index (χ0v) is 14.1. The van der Waals surface area contributed by atoms with Crippen LogP contribution in [-0.4, -0.2) is 39.3 Å². The summed E-state index contributed by atoms with van der Waals surface area (Å²) in [4.78, 5) is 12.8. The second-order valence-corrected chi connectivity index (χ2v) is 7.31. The van der Waals surface area contributed by atoms with E-state index in [0.717, 1.165) is 58.3 Å². The minimum Gasteiger partial charge on any atom is -0.384 e. The van der Waals surface area contributed by atoms with Gasteiger partial charge in [-0.1, -0.05) is 30.3 Å². The fourth-order valence-electron chi connectivity index (χ4n) is 3.71. The van der Waals surface area contributed by atoms with Crippen LogP contribution in [0.15, 0.2) is 30.3 Å². The Bertz CT molecular complexity index is 514. The highest BCUT2D eigenvalue weighted by atomic mass is 16.5. The molecule has 0 unspecified atom stereocenters. The lowest BCUT2D eigenvalue weighted by atomic mass is 9.79. The van der Waals surface area contributed by atoms with Crippen LogP contribution in [0.3, 0.4) is 0 Å². The number of methoxy groups -OCH3 is 1. The first-order valence-electron chi connectivity index (χ1n) is 8.70. The molecule has 1 aromatic rings. The summed E-state index contributed by atoms with van der Waals surface area (Å²) in [5.41, 5.74) is 1.19. The molecule has 1 saturated heterocycles. The fraction of sp³-hybridized carbons (Fsp3) is 0.632. The van der Waals surface area contributed by atoms with Crippen LogP contribution in [0.5, 0.6) is 0 Å². The molecule has 0 spiro atoms. The van der Waals surface area contributed by atoms with Crippen LogP contribution >= 0.6 is 0 Å². The smallest absolute Gasteiger partial charge is 0.226 e. The van der Waals surface area contributed by atoms with Gasteiger partial charge in [-0.15, -0.1) is 0 Å². The molecule has 4 heteroatoms. The standard InChI is InChI=1S/C19H28N2O2/c1-23-15-18(9-11-20-12-10-18)14-21-17(22)19(7-8-19)13-16-5-3-2-4-6-16/h2-6,20H,7-15H2,1H3,(H,21,22). The first-order valence-corrected chi connectivity index (χ1v) is 8.70. The van der Waals surface area contributed by atoms with Gasteiger partial charge >= 0.3 is 0 Å². The van der Waals surface area contributed by atoms with Crippen molar-refractivity contribution in [2.24, 2.45) is 10.8 Å². The molecular formula is C19H28N2O2. The lowest BCUT2D eigenvalue weighted by molar-refractivity contribution is -0.127. The highest BCUT2D eigenvalue weighted by Gasteiger charge is 2.50. The maximum atomic E-state index is 12.8. The van der Waals surface area contributed by atoms with E-state index in [4.69, 9.17) is 4.74 Å². The molecule has 4 nitrogen and oxygen atoms in total. The normalized spacial score (nSPS) is 21.6. The molecule has 1 amide bonds. The van der Waals surface area contributed by atoms with Crippen LogP contribution in [-0.2, 0) is 16.0 Å². The highest BCUT2D eigenvalue weighted by Crippen LogP contribution is 2.48. The van der Waals surface area contributed by atoms with Crippen molar-refractivity contribution in [2.45, 2.75) is 32.1 Å². The highest BCUT2D eigenvalue weighted by molar-refractivity contribution is 5.85. The van der Waals surface area contributed by atoms with Crippen molar-refractivity contribution in [1.29, 1.82) is 0 Å². The molecule has 0 bridgehead atoms. The maximum absolute atomic E-state index is 12.8. The van der Waals surface area contributed by atoms with Crippen LogP contribution in [0.4, 0.5) is 0 Å². The summed E-state index contributed by atoms with van der Waals surface area (Å²) in [7, 11) is 1.75. The number of carbonyl (C=O) groups is 1. The number of hydrogen-bond donors (Lipinski definition) is 2. The quantitative estimate of drug-likeness (QED) is 0.810. The zero-order valence-electron chi connectivity index (χ0n) is 14.1. The average molecular weight is 316 g/mol. The van der Waals surface area contributed by atoms with Crippen molar-refractivity contribution in [1.82, 2.24) is 10.6 Å². The van der Waals surface area contributed by atoms with Gasteiger partial charge in [-0.2, -0.15) is 0 Å². The van der Waals surface area contributed by atoms with E-state index in [0.29, 0.717) is 0 Å². The summed E-state index contributed by atoms with van der Waals surface area (Å²) in [5.74, 6) is 0.232. The van der Waals surface area contributed by atoms with Gasteiger partial charge in [-0.05, 0) is 50.8 Å². The van der Waals surface area contributed by atoms with Gasteiger partial charge in [0.25, 0.3) is 0 Å². The van der Waals surface area contributed by atoms with Gasteiger partial charge in [-0.25, -0.2) is 0 Å². The van der Waals surface area contributed by atoms with Crippen LogP contribution in [0.25, 0.3) is 0 Å². The first kappa shape index (κ1) is 16.5. The molecule has 1 aliphatic heterocycles. The van der Waals surface area contributed by atoms with Crippen molar-refractivity contribution in [3.05, 3.63) is 35.9 Å². The molecule has 1 aromatic carbocycles. The van der Waals surface area contributed by atoms with Crippen molar-refractivity contribution >= 4 is 5.91 Å². The van der Waals surface area contributed by atoms with Gasteiger partial charge in [-0.3, -0.25) is 4.79 Å². The van der Waals surface area contributed by atoms with Crippen molar-refractivity contribution in [2.75, 3.05) is 33.4 Å². The largest absolute Gasteiger partial charge is 0.384 e. The fourth-order valence-corrected chi connectivity index (χ4v) is 3.71. The lowest BCUT2D eigenvalue weighted by Gasteiger charge is -2.37. The van der Waals surface area contributed by atoms with E-state index in [1.54, 1.807) is 7.11 Å². The Kier molecular flexibility index (Phi) is 5.02. The maximum Gasteiger partial charge on any atom is 0.226 e. The Hall–Kier alpha value is -1.39. The SMILES string of the molecule is COCC1(CNC(=O)C2(Cc3ccccc3)CC2)CCNCC1. The van der Waals surface area contributed by atoms with E-state index >= 15 is 0 Å². The summed E-state index contributed by atoms with van der Waals surface area (Å²) in [5, 5.41) is 6.65. The second kappa shape index (κ2) is 7.02. The topological polar surface area (TPSA) is 50.4 Å². The number of hydrogen-bond acceptors (Lipinski definition) is 3. The average Bonchev–Trinajstić information content (AvgIpc) is 3.36. The second-order valence-electron chi connectivity index (χ2n) is 7.31. The van der Waals surface area contributed by atoms with E-state index in [2.05, 4.69) is 22.8 Å². The third kappa shape index (κ3) is 3.93. The summed E-state index contributed by atoms with van der Waals surface area (Å²) >= 11 is 0. The van der Waals surface area contributed by atoms with Crippen LogP contribution in [0.2, 0.25) is 0 Å². The summed E-state index contributed by atoms with van der Waals surface area (Å²) < 4.78 is 5.43. The predicted molar refractivity (Wildman–Crippen MR) is 91.2 cm³/mol. The number of amides is 1. The third-order valence-electron chi connectivity index (χ3n) is 5.46. The monoisotopic (exact) mass is 316 g/mol. The van der Waals surface area contributed by atoms with Crippen LogP contribution in [0.1, 0.15) is 31.2 Å². The third-order valence-corrected chi connectivity index (χ3v) is 5.46. The number of rotatable bonds is 7. The Balaban J connectivity index is 1.58. The molecular weight excluding hydrogens is 288 g/mol. The summed E-state index contributed by atoms with van der Waals surface area (Å²) in [6, 6.07) is 10.4. The molecule has 1 heterocycles. The Morgan fingerprint density at radius 1 is 1.17 bits per heavy atom. The summed E-state index contributed by atoms with van der Waals surface area (Å²) in [6.07, 6.45) is 5.00. The molecule has 2 aliphatic rings.